The average molecular weight is 395 g/mol. The van der Waals surface area contributed by atoms with E-state index < -0.39 is 0 Å². The highest BCUT2D eigenvalue weighted by atomic mass is 16.5. The van der Waals surface area contributed by atoms with Crippen molar-refractivity contribution >= 4 is 11.9 Å². The van der Waals surface area contributed by atoms with Gasteiger partial charge in [-0.05, 0) is 55.5 Å². The molecule has 0 heterocycles. The monoisotopic (exact) mass is 395 g/mol. The van der Waals surface area contributed by atoms with Gasteiger partial charge in [0.15, 0.2) is 0 Å². The molecular weight excluding hydrogens is 366 g/mol. The summed E-state index contributed by atoms with van der Waals surface area (Å²) in [6, 6.07) is 12.0. The number of rotatable bonds is 8. The lowest BCUT2D eigenvalue weighted by Crippen LogP contribution is -2.31. The Balaban J connectivity index is 2.00. The van der Waals surface area contributed by atoms with Gasteiger partial charge in [-0.25, -0.2) is 0 Å². The van der Waals surface area contributed by atoms with Gasteiger partial charge >= 0.3 is 5.97 Å². The summed E-state index contributed by atoms with van der Waals surface area (Å²) >= 11 is 0. The van der Waals surface area contributed by atoms with Crippen LogP contribution in [0.3, 0.4) is 0 Å². The number of carbonyl (C=O) groups excluding carboxylic acids is 2. The van der Waals surface area contributed by atoms with Gasteiger partial charge in [0.25, 0.3) is 0 Å². The van der Waals surface area contributed by atoms with Crippen LogP contribution in [0.5, 0.6) is 5.75 Å². The van der Waals surface area contributed by atoms with Crippen molar-refractivity contribution in [3.05, 3.63) is 53.1 Å². The molecule has 1 saturated carbocycles. The number of aryl methyl sites for hydroxylation is 1. The van der Waals surface area contributed by atoms with Gasteiger partial charge in [0.1, 0.15) is 5.75 Å². The predicted molar refractivity (Wildman–Crippen MR) is 113 cm³/mol. The fourth-order valence-corrected chi connectivity index (χ4v) is 3.57. The molecule has 0 saturated heterocycles. The van der Waals surface area contributed by atoms with Crippen LogP contribution in [0, 0.1) is 12.8 Å². The summed E-state index contributed by atoms with van der Waals surface area (Å²) in [5.41, 5.74) is 5.01. The molecule has 0 spiro atoms. The fourth-order valence-electron chi connectivity index (χ4n) is 3.57. The Hall–Kier alpha value is -2.82. The Morgan fingerprint density at radius 2 is 1.83 bits per heavy atom. The maximum Gasteiger partial charge on any atom is 0.309 e. The largest absolute Gasteiger partial charge is 0.496 e. The van der Waals surface area contributed by atoms with Crippen molar-refractivity contribution in [3.63, 3.8) is 0 Å². The summed E-state index contributed by atoms with van der Waals surface area (Å²) < 4.78 is 10.4. The highest BCUT2D eigenvalue weighted by Crippen LogP contribution is 2.36. The maximum absolute atomic E-state index is 12.7. The Bertz CT molecular complexity index is 902. The molecule has 0 unspecified atom stereocenters. The van der Waals surface area contributed by atoms with E-state index in [1.807, 2.05) is 30.0 Å². The van der Waals surface area contributed by atoms with Gasteiger partial charge in [-0.15, -0.1) is 0 Å². The minimum atomic E-state index is -0.280. The molecule has 0 N–H and O–H groups in total. The van der Waals surface area contributed by atoms with Crippen molar-refractivity contribution in [1.29, 1.82) is 0 Å². The van der Waals surface area contributed by atoms with Gasteiger partial charge < -0.3 is 14.4 Å². The van der Waals surface area contributed by atoms with E-state index in [9.17, 15) is 9.59 Å². The van der Waals surface area contributed by atoms with Crippen LogP contribution in [-0.2, 0) is 27.3 Å². The smallest absolute Gasteiger partial charge is 0.309 e. The minimum absolute atomic E-state index is 0.195. The average Bonchev–Trinajstić information content (AvgIpc) is 3.57. The first kappa shape index (κ1) is 20.9. The molecule has 0 bridgehead atoms. The van der Waals surface area contributed by atoms with Gasteiger partial charge in [-0.2, -0.15) is 0 Å². The van der Waals surface area contributed by atoms with Crippen molar-refractivity contribution in [3.8, 4) is 16.9 Å². The zero-order valence-corrected chi connectivity index (χ0v) is 17.7. The highest BCUT2D eigenvalue weighted by Gasteiger charge is 2.33. The second kappa shape index (κ2) is 9.12. The van der Waals surface area contributed by atoms with E-state index >= 15 is 0 Å². The van der Waals surface area contributed by atoms with E-state index in [4.69, 9.17) is 9.47 Å². The first-order valence-corrected chi connectivity index (χ1v) is 10.1. The normalized spacial score (nSPS) is 13.1. The van der Waals surface area contributed by atoms with Gasteiger partial charge in [0.05, 0.1) is 20.6 Å². The van der Waals surface area contributed by atoms with E-state index in [0.717, 1.165) is 46.4 Å². The Morgan fingerprint density at radius 3 is 2.45 bits per heavy atom. The Morgan fingerprint density at radius 1 is 1.07 bits per heavy atom. The maximum atomic E-state index is 12.7. The molecule has 5 heteroatoms. The molecule has 2 aromatic rings. The zero-order chi connectivity index (χ0) is 21.0. The second-order valence-corrected chi connectivity index (χ2v) is 7.57. The lowest BCUT2D eigenvalue weighted by Gasteiger charge is -2.23. The number of esters is 1. The summed E-state index contributed by atoms with van der Waals surface area (Å²) in [5, 5.41) is 0. The highest BCUT2D eigenvalue weighted by molar-refractivity contribution is 5.82. The zero-order valence-electron chi connectivity index (χ0n) is 17.7. The molecule has 1 amide bonds. The van der Waals surface area contributed by atoms with Gasteiger partial charge in [-0.1, -0.05) is 29.8 Å². The molecule has 0 aliphatic heterocycles. The van der Waals surface area contributed by atoms with Crippen LogP contribution in [0.2, 0.25) is 0 Å². The van der Waals surface area contributed by atoms with Crippen LogP contribution in [0.1, 0.15) is 36.5 Å². The third-order valence-electron chi connectivity index (χ3n) is 5.37. The van der Waals surface area contributed by atoms with Crippen molar-refractivity contribution in [2.45, 2.75) is 39.7 Å². The first-order valence-electron chi connectivity index (χ1n) is 10.1. The van der Waals surface area contributed by atoms with Crippen molar-refractivity contribution in [2.75, 3.05) is 20.8 Å². The fraction of sp³-hybridized carbons (Fsp3) is 0.417. The molecule has 0 atom stereocenters. The van der Waals surface area contributed by atoms with Crippen molar-refractivity contribution in [1.82, 2.24) is 4.90 Å². The summed E-state index contributed by atoms with van der Waals surface area (Å²) in [7, 11) is 3.03. The molecule has 3 rings (SSSR count). The van der Waals surface area contributed by atoms with E-state index in [1.165, 1.54) is 7.11 Å². The van der Waals surface area contributed by atoms with Crippen LogP contribution in [-0.4, -0.2) is 37.5 Å². The third-order valence-corrected chi connectivity index (χ3v) is 5.37. The molecule has 1 aliphatic carbocycles. The van der Waals surface area contributed by atoms with Crippen LogP contribution in [0.4, 0.5) is 0 Å². The lowest BCUT2D eigenvalue weighted by molar-refractivity contribution is -0.139. The van der Waals surface area contributed by atoms with Gasteiger partial charge in [-0.3, -0.25) is 9.59 Å². The number of amides is 1. The molecule has 1 fully saturated rings. The summed E-state index contributed by atoms with van der Waals surface area (Å²) in [4.78, 5) is 26.3. The van der Waals surface area contributed by atoms with Gasteiger partial charge in [0, 0.05) is 24.6 Å². The summed E-state index contributed by atoms with van der Waals surface area (Å²) in [5.74, 6) is 0.894. The van der Waals surface area contributed by atoms with E-state index in [1.54, 1.807) is 7.11 Å². The minimum Gasteiger partial charge on any atom is -0.496 e. The SMILES string of the molecule is CCN(Cc1cc(C)ccc1-c1cc(CC(=O)OC)ccc1OC)C(=O)C1CC1. The number of carbonyl (C=O) groups is 2. The molecule has 1 aliphatic rings. The van der Waals surface area contributed by atoms with Crippen LogP contribution < -0.4 is 4.74 Å². The van der Waals surface area contributed by atoms with Gasteiger partial charge in [0.2, 0.25) is 5.91 Å². The van der Waals surface area contributed by atoms with Crippen LogP contribution >= 0.6 is 0 Å². The predicted octanol–water partition coefficient (Wildman–Crippen LogP) is 4.14. The summed E-state index contributed by atoms with van der Waals surface area (Å²) in [6.07, 6.45) is 2.20. The van der Waals surface area contributed by atoms with E-state index in [-0.39, 0.29) is 24.2 Å². The van der Waals surface area contributed by atoms with Crippen molar-refractivity contribution in [2.24, 2.45) is 5.92 Å². The molecule has 0 aromatic heterocycles. The number of hydrogen-bond acceptors (Lipinski definition) is 4. The molecule has 154 valence electrons. The Labute approximate surface area is 172 Å². The summed E-state index contributed by atoms with van der Waals surface area (Å²) in [6.45, 7) is 5.32. The number of methoxy groups -OCH3 is 2. The molecule has 0 radical (unpaired) electrons. The molecule has 2 aromatic carbocycles. The van der Waals surface area contributed by atoms with E-state index in [2.05, 4.69) is 25.1 Å². The number of hydrogen-bond donors (Lipinski definition) is 0. The van der Waals surface area contributed by atoms with E-state index in [0.29, 0.717) is 13.1 Å². The quantitative estimate of drug-likeness (QED) is 0.630. The molecule has 29 heavy (non-hydrogen) atoms. The lowest BCUT2D eigenvalue weighted by atomic mass is 9.94. The number of benzene rings is 2. The number of ether oxygens (including phenoxy) is 2. The van der Waals surface area contributed by atoms with Crippen molar-refractivity contribution < 1.29 is 19.1 Å². The first-order chi connectivity index (χ1) is 14.0. The topological polar surface area (TPSA) is 55.8 Å². The molecule has 5 nitrogen and oxygen atoms in total. The number of nitrogens with zero attached hydrogens (tertiary/aromatic N) is 1. The Kier molecular flexibility index (Phi) is 6.57. The molecular formula is C24H29NO4. The second-order valence-electron chi connectivity index (χ2n) is 7.57. The van der Waals surface area contributed by atoms with Crippen LogP contribution in [0.25, 0.3) is 11.1 Å². The third kappa shape index (κ3) is 4.97. The standard InChI is InChI=1S/C24H29NO4/c1-5-25(24(27)18-8-9-18)15-19-12-16(2)6-10-20(19)21-13-17(14-23(26)29-4)7-11-22(21)28-3/h6-7,10-13,18H,5,8-9,14-15H2,1-4H3. The van der Waals surface area contributed by atoms with Crippen LogP contribution in [0.15, 0.2) is 36.4 Å².